The summed E-state index contributed by atoms with van der Waals surface area (Å²) < 4.78 is 2.37. The minimum atomic E-state index is -0.467. The topological polar surface area (TPSA) is 56.5 Å². The Kier molecular flexibility index (Phi) is 6.10. The lowest BCUT2D eigenvalue weighted by atomic mass is 9.65. The molecule has 0 N–H and O–H groups in total. The van der Waals surface area contributed by atoms with Crippen LogP contribution in [0.4, 0.5) is 0 Å². The predicted octanol–water partition coefficient (Wildman–Crippen LogP) is 10.6. The molecule has 1 spiro atoms. The summed E-state index contributed by atoms with van der Waals surface area (Å²) in [5, 5.41) is 0. The smallest absolute Gasteiger partial charge is 0.164 e. The molecular formula is C47H29N5. The molecule has 0 saturated heterocycles. The molecule has 0 amide bonds. The summed E-state index contributed by atoms with van der Waals surface area (Å²) in [5.41, 5.74) is 14.2. The summed E-state index contributed by atoms with van der Waals surface area (Å²) in [4.78, 5) is 20.3. The van der Waals surface area contributed by atoms with Gasteiger partial charge in [0.15, 0.2) is 17.5 Å². The van der Waals surface area contributed by atoms with Crippen LogP contribution >= 0.6 is 0 Å². The van der Waals surface area contributed by atoms with Gasteiger partial charge in [-0.1, -0.05) is 158 Å². The van der Waals surface area contributed by atoms with Crippen LogP contribution in [0, 0.1) is 0 Å². The van der Waals surface area contributed by atoms with Crippen LogP contribution in [0.5, 0.6) is 0 Å². The Balaban J connectivity index is 1.15. The number of aromatic nitrogens is 5. The van der Waals surface area contributed by atoms with Gasteiger partial charge >= 0.3 is 0 Å². The van der Waals surface area contributed by atoms with Gasteiger partial charge in [0.05, 0.1) is 22.1 Å². The molecule has 0 atom stereocenters. The number of benzene rings is 7. The van der Waals surface area contributed by atoms with Crippen molar-refractivity contribution in [2.24, 2.45) is 0 Å². The standard InChI is InChI=1S/C47H29N5/c1-3-15-30(16-4-1)43-49-44(31-17-5-2-6-18-31)51-45(50-43)32-19-13-20-33(29-32)46-48-40-27-14-26-39-42(40)52(46)41-28-12-11-25-38(41)47(39)36-23-9-7-21-34(36)35-22-8-10-24-37(35)47/h1-29H. The second-order valence-corrected chi connectivity index (χ2v) is 13.4. The van der Waals surface area contributed by atoms with Crippen LogP contribution in [0.3, 0.4) is 0 Å². The number of nitrogens with zero attached hydrogens (tertiary/aromatic N) is 5. The number of fused-ring (bicyclic) bond motifs is 9. The fourth-order valence-corrected chi connectivity index (χ4v) is 8.54. The number of hydrogen-bond acceptors (Lipinski definition) is 4. The Bertz CT molecular complexity index is 2750. The average molecular weight is 664 g/mol. The van der Waals surface area contributed by atoms with Crippen molar-refractivity contribution >= 4 is 11.0 Å². The largest absolute Gasteiger partial charge is 0.292 e. The van der Waals surface area contributed by atoms with E-state index in [9.17, 15) is 0 Å². The number of para-hydroxylation sites is 2. The first-order valence-electron chi connectivity index (χ1n) is 17.6. The van der Waals surface area contributed by atoms with Crippen molar-refractivity contribution in [1.82, 2.24) is 24.5 Å². The van der Waals surface area contributed by atoms with E-state index in [1.807, 2.05) is 60.7 Å². The first-order chi connectivity index (χ1) is 25.8. The van der Waals surface area contributed by atoms with Gasteiger partial charge in [-0.3, -0.25) is 4.57 Å². The third-order valence-electron chi connectivity index (χ3n) is 10.7. The molecule has 7 aromatic carbocycles. The molecule has 5 heteroatoms. The van der Waals surface area contributed by atoms with Crippen LogP contribution in [-0.2, 0) is 5.41 Å². The van der Waals surface area contributed by atoms with E-state index in [0.717, 1.165) is 44.8 Å². The van der Waals surface area contributed by atoms with E-state index < -0.39 is 5.41 Å². The molecular weight excluding hydrogens is 635 g/mol. The zero-order valence-electron chi connectivity index (χ0n) is 28.0. The SMILES string of the molecule is c1ccc(-c2nc(-c3ccccc3)nc(-c3cccc(-c4nc5cccc6c5n4-c4ccccc4C64c5ccccc5-c5ccccc54)c3)n2)cc1. The summed E-state index contributed by atoms with van der Waals surface area (Å²) in [7, 11) is 0. The van der Waals surface area contributed by atoms with Crippen LogP contribution in [0.25, 0.3) is 73.4 Å². The number of rotatable bonds is 4. The minimum Gasteiger partial charge on any atom is -0.292 e. The highest BCUT2D eigenvalue weighted by Crippen LogP contribution is 2.60. The van der Waals surface area contributed by atoms with Crippen molar-refractivity contribution in [2.75, 3.05) is 0 Å². The number of imidazole rings is 1. The van der Waals surface area contributed by atoms with Crippen molar-refractivity contribution < 1.29 is 0 Å². The molecule has 11 rings (SSSR count). The van der Waals surface area contributed by atoms with Crippen LogP contribution in [-0.4, -0.2) is 24.5 Å². The van der Waals surface area contributed by atoms with Crippen LogP contribution in [0.15, 0.2) is 176 Å². The monoisotopic (exact) mass is 663 g/mol. The third kappa shape index (κ3) is 3.99. The Morgan fingerprint density at radius 2 is 0.846 bits per heavy atom. The fraction of sp³-hybridized carbons (Fsp3) is 0.0213. The van der Waals surface area contributed by atoms with E-state index in [0.29, 0.717) is 17.5 Å². The van der Waals surface area contributed by atoms with Crippen molar-refractivity contribution in [2.45, 2.75) is 5.41 Å². The quantitative estimate of drug-likeness (QED) is 0.188. The summed E-state index contributed by atoms with van der Waals surface area (Å²) in [6.07, 6.45) is 0. The van der Waals surface area contributed by atoms with Gasteiger partial charge in [0.2, 0.25) is 0 Å². The van der Waals surface area contributed by atoms with Gasteiger partial charge in [0.1, 0.15) is 5.82 Å². The zero-order chi connectivity index (χ0) is 34.2. The van der Waals surface area contributed by atoms with E-state index in [-0.39, 0.29) is 0 Å². The van der Waals surface area contributed by atoms with Crippen molar-refractivity contribution in [3.05, 3.63) is 198 Å². The maximum Gasteiger partial charge on any atom is 0.164 e. The molecule has 1 aliphatic heterocycles. The number of hydrogen-bond donors (Lipinski definition) is 0. The molecule has 2 aliphatic rings. The molecule has 2 aromatic heterocycles. The maximum atomic E-state index is 5.39. The molecule has 0 fully saturated rings. The second-order valence-electron chi connectivity index (χ2n) is 13.4. The average Bonchev–Trinajstić information content (AvgIpc) is 3.76. The molecule has 0 saturated carbocycles. The lowest BCUT2D eigenvalue weighted by Gasteiger charge is -2.39. The summed E-state index contributed by atoms with van der Waals surface area (Å²) in [6, 6.07) is 61.9. The van der Waals surface area contributed by atoms with E-state index in [2.05, 4.69) is 120 Å². The van der Waals surface area contributed by atoms with Gasteiger partial charge in [-0.15, -0.1) is 0 Å². The van der Waals surface area contributed by atoms with E-state index in [1.165, 1.54) is 33.4 Å². The van der Waals surface area contributed by atoms with Crippen molar-refractivity contribution in [3.63, 3.8) is 0 Å². The lowest BCUT2D eigenvalue weighted by molar-refractivity contribution is 0.746. The molecule has 9 aromatic rings. The van der Waals surface area contributed by atoms with E-state index in [4.69, 9.17) is 19.9 Å². The van der Waals surface area contributed by atoms with Gasteiger partial charge in [-0.25, -0.2) is 19.9 Å². The molecule has 0 radical (unpaired) electrons. The van der Waals surface area contributed by atoms with E-state index >= 15 is 0 Å². The van der Waals surface area contributed by atoms with E-state index in [1.54, 1.807) is 0 Å². The molecule has 0 bridgehead atoms. The Morgan fingerprint density at radius 3 is 1.50 bits per heavy atom. The molecule has 5 nitrogen and oxygen atoms in total. The Hall–Kier alpha value is -6.98. The molecule has 3 heterocycles. The van der Waals surface area contributed by atoms with Crippen molar-refractivity contribution in [3.8, 4) is 62.4 Å². The first-order valence-corrected chi connectivity index (χ1v) is 17.6. The van der Waals surface area contributed by atoms with Gasteiger partial charge < -0.3 is 0 Å². The van der Waals surface area contributed by atoms with Gasteiger partial charge in [-0.05, 0) is 51.6 Å². The highest BCUT2D eigenvalue weighted by molar-refractivity contribution is 5.97. The summed E-state index contributed by atoms with van der Waals surface area (Å²) >= 11 is 0. The molecule has 0 unspecified atom stereocenters. The molecule has 52 heavy (non-hydrogen) atoms. The van der Waals surface area contributed by atoms with Gasteiger partial charge in [-0.2, -0.15) is 0 Å². The first kappa shape index (κ1) is 28.8. The summed E-state index contributed by atoms with van der Waals surface area (Å²) in [5.74, 6) is 2.77. The fourth-order valence-electron chi connectivity index (χ4n) is 8.54. The summed E-state index contributed by atoms with van der Waals surface area (Å²) in [6.45, 7) is 0. The minimum absolute atomic E-state index is 0.467. The molecule has 242 valence electrons. The zero-order valence-corrected chi connectivity index (χ0v) is 28.0. The highest BCUT2D eigenvalue weighted by atomic mass is 15.1. The Labute approximate surface area is 300 Å². The second kappa shape index (κ2) is 11.0. The van der Waals surface area contributed by atoms with Crippen molar-refractivity contribution in [1.29, 1.82) is 0 Å². The normalized spacial score (nSPS) is 13.2. The highest BCUT2D eigenvalue weighted by Gasteiger charge is 2.50. The van der Waals surface area contributed by atoms with Crippen LogP contribution < -0.4 is 0 Å². The van der Waals surface area contributed by atoms with Gasteiger partial charge in [0, 0.05) is 22.3 Å². The van der Waals surface area contributed by atoms with Crippen LogP contribution in [0.2, 0.25) is 0 Å². The van der Waals surface area contributed by atoms with Gasteiger partial charge in [0.25, 0.3) is 0 Å². The lowest BCUT2D eigenvalue weighted by Crippen LogP contribution is -2.33. The molecule has 1 aliphatic carbocycles. The third-order valence-corrected chi connectivity index (χ3v) is 10.7. The Morgan fingerprint density at radius 1 is 0.365 bits per heavy atom. The maximum absolute atomic E-state index is 5.39. The predicted molar refractivity (Wildman–Crippen MR) is 207 cm³/mol. The van der Waals surface area contributed by atoms with Crippen LogP contribution in [0.1, 0.15) is 22.3 Å².